The number of aryl methyl sites for hydroxylation is 1. The molecule has 0 amide bonds. The van der Waals surface area contributed by atoms with Crippen molar-refractivity contribution in [1.29, 1.82) is 0 Å². The molecule has 0 saturated heterocycles. The van der Waals surface area contributed by atoms with Gasteiger partial charge >= 0.3 is 0 Å². The average molecular weight is 350 g/mol. The number of benzene rings is 1. The van der Waals surface area contributed by atoms with E-state index in [0.29, 0.717) is 12.2 Å². The van der Waals surface area contributed by atoms with Crippen LogP contribution in [0.1, 0.15) is 18.9 Å². The second-order valence-electron chi connectivity index (χ2n) is 6.26. The Morgan fingerprint density at radius 2 is 1.88 bits per heavy atom. The maximum absolute atomic E-state index is 11.1. The number of H-pyrrole nitrogens is 1. The SMILES string of the molecule is C[C@H](Oc1ccc(-c2ccc(=O)[nH]c2)cc1)[C@H](O)CCc1cccnc1. The van der Waals surface area contributed by atoms with Gasteiger partial charge in [-0.1, -0.05) is 18.2 Å². The molecular formula is C21H22N2O3. The number of ether oxygens (including phenoxy) is 1. The number of aromatic nitrogens is 2. The Morgan fingerprint density at radius 1 is 1.12 bits per heavy atom. The van der Waals surface area contributed by atoms with Crippen molar-refractivity contribution in [2.45, 2.75) is 32.0 Å². The second kappa shape index (κ2) is 8.45. The van der Waals surface area contributed by atoms with Crippen LogP contribution in [0.2, 0.25) is 0 Å². The van der Waals surface area contributed by atoms with Crippen molar-refractivity contribution in [1.82, 2.24) is 9.97 Å². The summed E-state index contributed by atoms with van der Waals surface area (Å²) < 4.78 is 5.85. The van der Waals surface area contributed by atoms with Gasteiger partial charge in [0.25, 0.3) is 0 Å². The molecule has 0 unspecified atom stereocenters. The van der Waals surface area contributed by atoms with E-state index in [4.69, 9.17) is 4.74 Å². The van der Waals surface area contributed by atoms with Crippen LogP contribution in [0.5, 0.6) is 5.75 Å². The number of hydrogen-bond donors (Lipinski definition) is 2. The van der Waals surface area contributed by atoms with Gasteiger partial charge in [0.15, 0.2) is 0 Å². The summed E-state index contributed by atoms with van der Waals surface area (Å²) in [6.45, 7) is 1.86. The van der Waals surface area contributed by atoms with E-state index in [1.807, 2.05) is 49.5 Å². The minimum Gasteiger partial charge on any atom is -0.488 e. The molecule has 0 aliphatic rings. The van der Waals surface area contributed by atoms with E-state index >= 15 is 0 Å². The van der Waals surface area contributed by atoms with E-state index in [9.17, 15) is 9.90 Å². The lowest BCUT2D eigenvalue weighted by Crippen LogP contribution is -2.29. The third kappa shape index (κ3) is 4.80. The number of hydrogen-bond acceptors (Lipinski definition) is 4. The summed E-state index contributed by atoms with van der Waals surface area (Å²) in [6.07, 6.45) is 5.73. The number of aliphatic hydroxyl groups excluding tert-OH is 1. The predicted octanol–water partition coefficient (Wildman–Crippen LogP) is 3.20. The number of pyridine rings is 2. The van der Waals surface area contributed by atoms with Crippen LogP contribution in [-0.4, -0.2) is 27.3 Å². The fraction of sp³-hybridized carbons (Fsp3) is 0.238. The minimum atomic E-state index is -0.561. The van der Waals surface area contributed by atoms with Crippen molar-refractivity contribution in [3.05, 3.63) is 83.0 Å². The zero-order chi connectivity index (χ0) is 18.4. The Labute approximate surface area is 152 Å². The standard InChI is InChI=1S/C21H22N2O3/c1-15(20(24)10-4-16-3-2-12-22-13-16)26-19-8-5-17(6-9-19)18-7-11-21(25)23-14-18/h2-3,5-9,11-15,20,24H,4,10H2,1H3,(H,23,25)/t15-,20+/m0/s1. The fourth-order valence-electron chi connectivity index (χ4n) is 2.70. The molecule has 3 aromatic rings. The Balaban J connectivity index is 1.56. The Kier molecular flexibility index (Phi) is 5.81. The van der Waals surface area contributed by atoms with E-state index in [2.05, 4.69) is 9.97 Å². The quantitative estimate of drug-likeness (QED) is 0.686. The molecule has 5 heteroatoms. The summed E-state index contributed by atoms with van der Waals surface area (Å²) in [5.41, 5.74) is 2.89. The molecule has 2 aromatic heterocycles. The molecule has 1 aromatic carbocycles. The van der Waals surface area contributed by atoms with Gasteiger partial charge in [-0.05, 0) is 60.7 Å². The molecule has 0 aliphatic heterocycles. The van der Waals surface area contributed by atoms with Gasteiger partial charge in [-0.3, -0.25) is 9.78 Å². The molecule has 0 aliphatic carbocycles. The van der Waals surface area contributed by atoms with Crippen molar-refractivity contribution in [3.63, 3.8) is 0 Å². The number of aromatic amines is 1. The Hall–Kier alpha value is -2.92. The van der Waals surface area contributed by atoms with E-state index in [0.717, 1.165) is 23.1 Å². The Bertz CT molecular complexity index is 855. The van der Waals surface area contributed by atoms with Gasteiger partial charge in [0.1, 0.15) is 11.9 Å². The first-order valence-electron chi connectivity index (χ1n) is 8.64. The summed E-state index contributed by atoms with van der Waals surface area (Å²) >= 11 is 0. The van der Waals surface area contributed by atoms with Crippen LogP contribution < -0.4 is 10.3 Å². The lowest BCUT2D eigenvalue weighted by molar-refractivity contribution is 0.0420. The maximum Gasteiger partial charge on any atom is 0.247 e. The zero-order valence-electron chi connectivity index (χ0n) is 14.6. The molecule has 0 fully saturated rings. The minimum absolute atomic E-state index is 0.122. The van der Waals surface area contributed by atoms with E-state index in [1.54, 1.807) is 18.5 Å². The van der Waals surface area contributed by atoms with Gasteiger partial charge in [-0.15, -0.1) is 0 Å². The van der Waals surface area contributed by atoms with Crippen molar-refractivity contribution in [2.75, 3.05) is 0 Å². The summed E-state index contributed by atoms with van der Waals surface area (Å²) in [4.78, 5) is 17.9. The van der Waals surface area contributed by atoms with Gasteiger partial charge in [0.2, 0.25) is 5.56 Å². The Morgan fingerprint density at radius 3 is 2.54 bits per heavy atom. The molecule has 3 rings (SSSR count). The highest BCUT2D eigenvalue weighted by molar-refractivity contribution is 5.62. The topological polar surface area (TPSA) is 75.2 Å². The van der Waals surface area contributed by atoms with Crippen LogP contribution >= 0.6 is 0 Å². The van der Waals surface area contributed by atoms with Gasteiger partial charge in [0, 0.05) is 24.7 Å². The molecule has 2 N–H and O–H groups in total. The summed E-state index contributed by atoms with van der Waals surface area (Å²) in [7, 11) is 0. The van der Waals surface area contributed by atoms with Gasteiger partial charge in [-0.2, -0.15) is 0 Å². The molecule has 2 heterocycles. The fourth-order valence-corrected chi connectivity index (χ4v) is 2.70. The van der Waals surface area contributed by atoms with Gasteiger partial charge < -0.3 is 14.8 Å². The van der Waals surface area contributed by atoms with E-state index in [1.165, 1.54) is 6.07 Å². The maximum atomic E-state index is 11.1. The van der Waals surface area contributed by atoms with Crippen LogP contribution in [0.3, 0.4) is 0 Å². The molecule has 2 atom stereocenters. The molecule has 0 bridgehead atoms. The first-order valence-corrected chi connectivity index (χ1v) is 8.64. The van der Waals surface area contributed by atoms with Crippen molar-refractivity contribution < 1.29 is 9.84 Å². The number of aliphatic hydroxyl groups is 1. The number of nitrogens with zero attached hydrogens (tertiary/aromatic N) is 1. The second-order valence-corrected chi connectivity index (χ2v) is 6.26. The molecule has 0 saturated carbocycles. The molecular weight excluding hydrogens is 328 g/mol. The monoisotopic (exact) mass is 350 g/mol. The lowest BCUT2D eigenvalue weighted by atomic mass is 10.1. The van der Waals surface area contributed by atoms with Crippen molar-refractivity contribution in [3.8, 4) is 16.9 Å². The first kappa shape index (κ1) is 17.9. The first-order chi connectivity index (χ1) is 12.6. The highest BCUT2D eigenvalue weighted by atomic mass is 16.5. The molecule has 134 valence electrons. The van der Waals surface area contributed by atoms with Crippen LogP contribution in [-0.2, 0) is 6.42 Å². The average Bonchev–Trinajstić information content (AvgIpc) is 2.68. The number of rotatable bonds is 7. The van der Waals surface area contributed by atoms with E-state index in [-0.39, 0.29) is 11.7 Å². The zero-order valence-corrected chi connectivity index (χ0v) is 14.6. The molecule has 0 spiro atoms. The lowest BCUT2D eigenvalue weighted by Gasteiger charge is -2.20. The summed E-state index contributed by atoms with van der Waals surface area (Å²) in [5.74, 6) is 0.700. The van der Waals surface area contributed by atoms with Crippen LogP contribution in [0.4, 0.5) is 0 Å². The number of nitrogens with one attached hydrogen (secondary N) is 1. The predicted molar refractivity (Wildman–Crippen MR) is 101 cm³/mol. The van der Waals surface area contributed by atoms with Crippen LogP contribution in [0.15, 0.2) is 71.9 Å². The summed E-state index contributed by atoms with van der Waals surface area (Å²) in [5, 5.41) is 10.3. The van der Waals surface area contributed by atoms with Gasteiger partial charge in [-0.25, -0.2) is 0 Å². The van der Waals surface area contributed by atoms with Crippen molar-refractivity contribution in [2.24, 2.45) is 0 Å². The van der Waals surface area contributed by atoms with E-state index < -0.39 is 6.10 Å². The third-order valence-corrected chi connectivity index (χ3v) is 4.29. The third-order valence-electron chi connectivity index (χ3n) is 4.29. The highest BCUT2D eigenvalue weighted by Crippen LogP contribution is 2.22. The normalized spacial score (nSPS) is 13.2. The highest BCUT2D eigenvalue weighted by Gasteiger charge is 2.16. The van der Waals surface area contributed by atoms with Crippen molar-refractivity contribution >= 4 is 0 Å². The molecule has 5 nitrogen and oxygen atoms in total. The molecule has 26 heavy (non-hydrogen) atoms. The molecule has 0 radical (unpaired) electrons. The van der Waals surface area contributed by atoms with Crippen LogP contribution in [0, 0.1) is 0 Å². The smallest absolute Gasteiger partial charge is 0.247 e. The largest absolute Gasteiger partial charge is 0.488 e. The summed E-state index contributed by atoms with van der Waals surface area (Å²) in [6, 6.07) is 14.8. The van der Waals surface area contributed by atoms with Gasteiger partial charge in [0.05, 0.1) is 6.10 Å². The van der Waals surface area contributed by atoms with Crippen LogP contribution in [0.25, 0.3) is 11.1 Å².